The third-order valence-corrected chi connectivity index (χ3v) is 6.25. The van der Waals surface area contributed by atoms with E-state index in [2.05, 4.69) is 22.1 Å². The van der Waals surface area contributed by atoms with Crippen molar-refractivity contribution in [1.82, 2.24) is 15.2 Å². The summed E-state index contributed by atoms with van der Waals surface area (Å²) in [5.74, 6) is -1.63. The van der Waals surface area contributed by atoms with Crippen LogP contribution in [0.4, 0.5) is 4.39 Å². The Morgan fingerprint density at radius 1 is 1.09 bits per heavy atom. The standard InChI is InChI=1S/C24H22FN3O5/c1-13(14-2-5-18-21(10-14)33-24(31)27-18)28-8-6-16(7-9-28)26-23(30)22-12-19(29)17-4-3-15(25)11-20(17)32-22/h2-5,10-13,16H,6-9H2,1H3,(H,26,30)(H,27,31). The number of carbonyl (C=O) groups excluding carboxylic acids is 1. The number of aromatic amines is 1. The summed E-state index contributed by atoms with van der Waals surface area (Å²) in [5, 5.41) is 3.15. The van der Waals surface area contributed by atoms with E-state index in [1.807, 2.05) is 18.2 Å². The van der Waals surface area contributed by atoms with Crippen LogP contribution < -0.4 is 16.5 Å². The van der Waals surface area contributed by atoms with Crippen molar-refractivity contribution in [3.8, 4) is 0 Å². The fourth-order valence-electron chi connectivity index (χ4n) is 4.36. The minimum atomic E-state index is -0.539. The molecule has 0 radical (unpaired) electrons. The number of fused-ring (bicyclic) bond motifs is 2. The molecule has 2 aromatic heterocycles. The van der Waals surface area contributed by atoms with E-state index in [0.717, 1.165) is 43.6 Å². The summed E-state index contributed by atoms with van der Waals surface area (Å²) in [5.41, 5.74) is 1.90. The number of oxazole rings is 1. The van der Waals surface area contributed by atoms with E-state index in [1.54, 1.807) is 0 Å². The lowest BCUT2D eigenvalue weighted by Crippen LogP contribution is -2.45. The van der Waals surface area contributed by atoms with Crippen LogP contribution in [0.5, 0.6) is 0 Å². The molecular formula is C24H22FN3O5. The Bertz CT molecular complexity index is 1460. The molecular weight excluding hydrogens is 429 g/mol. The summed E-state index contributed by atoms with van der Waals surface area (Å²) < 4.78 is 24.1. The lowest BCUT2D eigenvalue weighted by molar-refractivity contribution is 0.0869. The lowest BCUT2D eigenvalue weighted by atomic mass is 10.00. The summed E-state index contributed by atoms with van der Waals surface area (Å²) >= 11 is 0. The van der Waals surface area contributed by atoms with Gasteiger partial charge in [0.25, 0.3) is 5.91 Å². The Labute approximate surface area is 187 Å². The molecule has 9 heteroatoms. The minimum absolute atomic E-state index is 0.0477. The maximum Gasteiger partial charge on any atom is 0.417 e. The number of likely N-dealkylation sites (tertiary alicyclic amines) is 1. The van der Waals surface area contributed by atoms with Gasteiger partial charge in [-0.2, -0.15) is 0 Å². The Morgan fingerprint density at radius 3 is 2.67 bits per heavy atom. The molecule has 5 rings (SSSR count). The Kier molecular flexibility index (Phi) is 5.33. The second-order valence-electron chi connectivity index (χ2n) is 8.35. The predicted molar refractivity (Wildman–Crippen MR) is 120 cm³/mol. The van der Waals surface area contributed by atoms with E-state index >= 15 is 0 Å². The van der Waals surface area contributed by atoms with Gasteiger partial charge in [-0.3, -0.25) is 19.5 Å². The van der Waals surface area contributed by atoms with E-state index < -0.39 is 17.5 Å². The fraction of sp³-hybridized carbons (Fsp3) is 0.292. The van der Waals surface area contributed by atoms with Gasteiger partial charge in [0, 0.05) is 37.3 Å². The van der Waals surface area contributed by atoms with Crippen molar-refractivity contribution in [3.05, 3.63) is 80.4 Å². The van der Waals surface area contributed by atoms with Gasteiger partial charge in [0.1, 0.15) is 11.4 Å². The van der Waals surface area contributed by atoms with Gasteiger partial charge in [-0.1, -0.05) is 6.07 Å². The first-order chi connectivity index (χ1) is 15.9. The molecule has 0 saturated carbocycles. The molecule has 1 amide bonds. The van der Waals surface area contributed by atoms with E-state index in [-0.39, 0.29) is 34.2 Å². The monoisotopic (exact) mass is 451 g/mol. The van der Waals surface area contributed by atoms with Gasteiger partial charge in [0.2, 0.25) is 0 Å². The molecule has 1 aliphatic rings. The number of hydrogen-bond donors (Lipinski definition) is 2. The maximum atomic E-state index is 13.5. The highest BCUT2D eigenvalue weighted by Crippen LogP contribution is 2.26. The highest BCUT2D eigenvalue weighted by molar-refractivity contribution is 5.93. The first kappa shape index (κ1) is 21.1. The van der Waals surface area contributed by atoms with Gasteiger partial charge in [0.15, 0.2) is 16.8 Å². The smallest absolute Gasteiger partial charge is 0.417 e. The number of carbonyl (C=O) groups is 1. The van der Waals surface area contributed by atoms with Gasteiger partial charge < -0.3 is 14.2 Å². The fourth-order valence-corrected chi connectivity index (χ4v) is 4.36. The molecule has 0 spiro atoms. The topological polar surface area (TPSA) is 109 Å². The molecule has 1 aliphatic heterocycles. The van der Waals surface area contributed by atoms with Crippen LogP contribution in [0.15, 0.2) is 60.9 Å². The highest BCUT2D eigenvalue weighted by atomic mass is 19.1. The van der Waals surface area contributed by atoms with Crippen LogP contribution in [0.3, 0.4) is 0 Å². The molecule has 1 atom stereocenters. The molecule has 1 unspecified atom stereocenters. The normalized spacial score (nSPS) is 16.3. The number of amides is 1. The number of nitrogens with one attached hydrogen (secondary N) is 2. The molecule has 0 aliphatic carbocycles. The first-order valence-electron chi connectivity index (χ1n) is 10.8. The zero-order valence-electron chi connectivity index (χ0n) is 17.9. The Morgan fingerprint density at radius 2 is 1.88 bits per heavy atom. The van der Waals surface area contributed by atoms with Gasteiger partial charge in [-0.25, -0.2) is 9.18 Å². The summed E-state index contributed by atoms with van der Waals surface area (Å²) in [6.07, 6.45) is 1.45. The van der Waals surface area contributed by atoms with Gasteiger partial charge in [0.05, 0.1) is 10.9 Å². The minimum Gasteiger partial charge on any atom is -0.451 e. The van der Waals surface area contributed by atoms with Crippen LogP contribution in [-0.4, -0.2) is 34.9 Å². The molecule has 170 valence electrons. The highest BCUT2D eigenvalue weighted by Gasteiger charge is 2.26. The van der Waals surface area contributed by atoms with Crippen molar-refractivity contribution >= 4 is 28.0 Å². The van der Waals surface area contributed by atoms with Gasteiger partial charge in [-0.05, 0) is 49.6 Å². The second kappa shape index (κ2) is 8.32. The first-order valence-corrected chi connectivity index (χ1v) is 10.8. The second-order valence-corrected chi connectivity index (χ2v) is 8.35. The van der Waals surface area contributed by atoms with Crippen molar-refractivity contribution in [2.24, 2.45) is 0 Å². The third-order valence-electron chi connectivity index (χ3n) is 6.25. The molecule has 33 heavy (non-hydrogen) atoms. The molecule has 1 saturated heterocycles. The van der Waals surface area contributed by atoms with Gasteiger partial charge >= 0.3 is 5.76 Å². The van der Waals surface area contributed by atoms with Gasteiger partial charge in [-0.15, -0.1) is 0 Å². The SMILES string of the molecule is CC(c1ccc2[nH]c(=O)oc2c1)N1CCC(NC(=O)c2cc(=O)c3ccc(F)cc3o2)CC1. The number of nitrogens with zero attached hydrogens (tertiary/aromatic N) is 1. The molecule has 3 heterocycles. The Hall–Kier alpha value is -3.72. The summed E-state index contributed by atoms with van der Waals surface area (Å²) in [6, 6.07) is 10.5. The number of benzene rings is 2. The van der Waals surface area contributed by atoms with Crippen LogP contribution in [0.25, 0.3) is 22.1 Å². The number of piperidine rings is 1. The van der Waals surface area contributed by atoms with Crippen LogP contribution in [-0.2, 0) is 0 Å². The molecule has 2 aromatic carbocycles. The van der Waals surface area contributed by atoms with Crippen molar-refractivity contribution in [2.75, 3.05) is 13.1 Å². The van der Waals surface area contributed by atoms with Crippen molar-refractivity contribution in [2.45, 2.75) is 31.8 Å². The number of aromatic nitrogens is 1. The van der Waals surface area contributed by atoms with Crippen LogP contribution >= 0.6 is 0 Å². The average molecular weight is 451 g/mol. The zero-order chi connectivity index (χ0) is 23.1. The molecule has 1 fully saturated rings. The summed E-state index contributed by atoms with van der Waals surface area (Å²) in [7, 11) is 0. The summed E-state index contributed by atoms with van der Waals surface area (Å²) in [4.78, 5) is 41.2. The molecule has 8 nitrogen and oxygen atoms in total. The van der Waals surface area contributed by atoms with E-state index in [0.29, 0.717) is 11.1 Å². The summed E-state index contributed by atoms with van der Waals surface area (Å²) in [6.45, 7) is 3.61. The number of rotatable bonds is 4. The van der Waals surface area contributed by atoms with E-state index in [4.69, 9.17) is 8.83 Å². The Balaban J connectivity index is 1.23. The molecule has 0 bridgehead atoms. The maximum absolute atomic E-state index is 13.5. The molecule has 2 N–H and O–H groups in total. The number of hydrogen-bond acceptors (Lipinski definition) is 6. The third kappa shape index (κ3) is 4.19. The van der Waals surface area contributed by atoms with Crippen LogP contribution in [0, 0.1) is 5.82 Å². The van der Waals surface area contributed by atoms with E-state index in [9.17, 15) is 18.8 Å². The van der Waals surface area contributed by atoms with Crippen LogP contribution in [0.2, 0.25) is 0 Å². The van der Waals surface area contributed by atoms with Crippen molar-refractivity contribution < 1.29 is 18.0 Å². The average Bonchev–Trinajstić information content (AvgIpc) is 3.18. The van der Waals surface area contributed by atoms with Crippen LogP contribution in [0.1, 0.15) is 41.9 Å². The lowest BCUT2D eigenvalue weighted by Gasteiger charge is -2.36. The van der Waals surface area contributed by atoms with Crippen molar-refractivity contribution in [3.63, 3.8) is 0 Å². The van der Waals surface area contributed by atoms with E-state index in [1.165, 1.54) is 12.1 Å². The van der Waals surface area contributed by atoms with Crippen molar-refractivity contribution in [1.29, 1.82) is 0 Å². The largest absolute Gasteiger partial charge is 0.451 e. The quantitative estimate of drug-likeness (QED) is 0.493. The molecule has 4 aromatic rings. The zero-order valence-corrected chi connectivity index (χ0v) is 17.9. The number of halogens is 1. The predicted octanol–water partition coefficient (Wildman–Crippen LogP) is 3.32. The number of H-pyrrole nitrogens is 1.